The largest absolute Gasteiger partial charge is 0.396 e. The normalized spacial score (nSPS) is 18.1. The van der Waals surface area contributed by atoms with Crippen LogP contribution in [0.25, 0.3) is 11.3 Å². The standard InChI is InChI=1S/C26H33FN4O3S/c1-25(2,3)31-23(18-4-6-19(27)7-5-18)21(15-29-31)24-30-20(8-13-35-24)14-22(33)28-16-26(17-32)9-11-34-12-10-26/h4-8,15,32H,9-14,16-17H2,1-3H3,(H,28,33). The number of aliphatic hydroxyl groups is 1. The molecule has 2 N–H and O–H groups in total. The van der Waals surface area contributed by atoms with Crippen LogP contribution >= 0.6 is 11.8 Å². The van der Waals surface area contributed by atoms with Crippen molar-refractivity contribution in [3.05, 3.63) is 53.6 Å². The van der Waals surface area contributed by atoms with Crippen molar-refractivity contribution in [2.45, 2.75) is 45.6 Å². The van der Waals surface area contributed by atoms with Crippen molar-refractivity contribution in [1.29, 1.82) is 0 Å². The minimum Gasteiger partial charge on any atom is -0.396 e. The molecule has 0 atom stereocenters. The van der Waals surface area contributed by atoms with Crippen LogP contribution in [0.1, 0.15) is 45.6 Å². The van der Waals surface area contributed by atoms with E-state index >= 15 is 0 Å². The zero-order valence-corrected chi connectivity index (χ0v) is 21.3. The van der Waals surface area contributed by atoms with Crippen LogP contribution in [0.2, 0.25) is 0 Å². The molecule has 2 aliphatic rings. The number of hydrogen-bond acceptors (Lipinski definition) is 6. The topological polar surface area (TPSA) is 88.7 Å². The molecule has 2 aliphatic heterocycles. The van der Waals surface area contributed by atoms with Crippen molar-refractivity contribution >= 4 is 22.7 Å². The highest BCUT2D eigenvalue weighted by molar-refractivity contribution is 8.14. The van der Waals surface area contributed by atoms with Gasteiger partial charge in [-0.15, -0.1) is 11.8 Å². The van der Waals surface area contributed by atoms with E-state index in [2.05, 4.69) is 31.2 Å². The molecule has 0 bridgehead atoms. The number of aromatic nitrogens is 2. The number of amides is 1. The minimum atomic E-state index is -0.315. The van der Waals surface area contributed by atoms with E-state index in [1.54, 1.807) is 30.1 Å². The van der Waals surface area contributed by atoms with Crippen LogP contribution in [0.15, 0.2) is 47.2 Å². The van der Waals surface area contributed by atoms with Crippen LogP contribution in [0, 0.1) is 11.2 Å². The molecule has 0 radical (unpaired) electrons. The third-order valence-corrected chi connectivity index (χ3v) is 7.35. The number of halogens is 1. The number of thioether (sulfide) groups is 1. The molecule has 1 fully saturated rings. The number of benzene rings is 1. The van der Waals surface area contributed by atoms with Gasteiger partial charge in [-0.05, 0) is 57.9 Å². The van der Waals surface area contributed by atoms with Crippen molar-refractivity contribution in [3.8, 4) is 11.3 Å². The maximum absolute atomic E-state index is 13.6. The van der Waals surface area contributed by atoms with E-state index < -0.39 is 0 Å². The first kappa shape index (κ1) is 25.6. The zero-order valence-electron chi connectivity index (χ0n) is 20.5. The van der Waals surface area contributed by atoms with Gasteiger partial charge in [0.05, 0.1) is 36.0 Å². The summed E-state index contributed by atoms with van der Waals surface area (Å²) >= 11 is 1.59. The molecule has 0 spiro atoms. The average molecular weight is 501 g/mol. The monoisotopic (exact) mass is 500 g/mol. The summed E-state index contributed by atoms with van der Waals surface area (Å²) in [6.07, 6.45) is 5.40. The molecule has 1 amide bonds. The molecule has 35 heavy (non-hydrogen) atoms. The lowest BCUT2D eigenvalue weighted by Gasteiger charge is -2.35. The van der Waals surface area contributed by atoms with Gasteiger partial charge >= 0.3 is 0 Å². The summed E-state index contributed by atoms with van der Waals surface area (Å²) in [5, 5.41) is 18.3. The Balaban J connectivity index is 1.53. The smallest absolute Gasteiger partial charge is 0.226 e. The second-order valence-corrected chi connectivity index (χ2v) is 11.2. The van der Waals surface area contributed by atoms with Gasteiger partial charge in [0, 0.05) is 42.2 Å². The van der Waals surface area contributed by atoms with Crippen LogP contribution in [-0.4, -0.2) is 58.0 Å². The van der Waals surface area contributed by atoms with Gasteiger partial charge in [-0.1, -0.05) is 6.08 Å². The fourth-order valence-corrected chi connectivity index (χ4v) is 5.20. The van der Waals surface area contributed by atoms with Gasteiger partial charge in [0.15, 0.2) is 0 Å². The summed E-state index contributed by atoms with van der Waals surface area (Å²) in [7, 11) is 0. The van der Waals surface area contributed by atoms with E-state index in [-0.39, 0.29) is 35.7 Å². The molecule has 4 rings (SSSR count). The molecule has 1 saturated heterocycles. The first-order chi connectivity index (χ1) is 16.7. The second kappa shape index (κ2) is 10.6. The number of nitrogens with one attached hydrogen (secondary N) is 1. The molecule has 7 nitrogen and oxygen atoms in total. The Morgan fingerprint density at radius 2 is 1.97 bits per heavy atom. The summed E-state index contributed by atoms with van der Waals surface area (Å²) in [6.45, 7) is 7.87. The number of aliphatic hydroxyl groups excluding tert-OH is 1. The lowest BCUT2D eigenvalue weighted by atomic mass is 9.81. The van der Waals surface area contributed by atoms with Crippen LogP contribution in [0.4, 0.5) is 4.39 Å². The molecular formula is C26H33FN4O3S. The molecule has 188 valence electrons. The molecule has 9 heteroatoms. The Hall–Kier alpha value is -2.49. The highest BCUT2D eigenvalue weighted by Crippen LogP contribution is 2.34. The summed E-state index contributed by atoms with van der Waals surface area (Å²) in [5.74, 6) is 0.291. The van der Waals surface area contributed by atoms with Crippen molar-refractivity contribution < 1.29 is 19.0 Å². The molecule has 1 aromatic heterocycles. The van der Waals surface area contributed by atoms with Crippen LogP contribution in [-0.2, 0) is 15.1 Å². The van der Waals surface area contributed by atoms with Gasteiger partial charge in [-0.2, -0.15) is 5.10 Å². The van der Waals surface area contributed by atoms with Gasteiger partial charge in [0.1, 0.15) is 10.9 Å². The Bertz CT molecular complexity index is 1110. The SMILES string of the molecule is CC(C)(C)n1ncc(C2=NC(CC(=O)NCC3(CO)CCOCC3)=CCS2)c1-c1ccc(F)cc1. The first-order valence-electron chi connectivity index (χ1n) is 11.9. The number of hydrogen-bond donors (Lipinski definition) is 2. The minimum absolute atomic E-state index is 0.0300. The molecule has 3 heterocycles. The maximum Gasteiger partial charge on any atom is 0.226 e. The number of nitrogens with zero attached hydrogens (tertiary/aromatic N) is 3. The van der Waals surface area contributed by atoms with Gasteiger partial charge in [-0.3, -0.25) is 9.48 Å². The van der Waals surface area contributed by atoms with E-state index in [0.717, 1.165) is 34.7 Å². The van der Waals surface area contributed by atoms with E-state index in [1.807, 2.05) is 10.8 Å². The molecule has 0 unspecified atom stereocenters. The van der Waals surface area contributed by atoms with Gasteiger partial charge in [-0.25, -0.2) is 9.38 Å². The van der Waals surface area contributed by atoms with Crippen LogP contribution < -0.4 is 5.32 Å². The number of carbonyl (C=O) groups excluding carboxylic acids is 1. The summed E-state index contributed by atoms with van der Waals surface area (Å²) in [6, 6.07) is 6.40. The molecule has 2 aromatic rings. The number of ether oxygens (including phenoxy) is 1. The second-order valence-electron chi connectivity index (χ2n) is 10.1. The van der Waals surface area contributed by atoms with Gasteiger partial charge in [0.25, 0.3) is 0 Å². The molecule has 1 aromatic carbocycles. The van der Waals surface area contributed by atoms with Crippen LogP contribution in [0.5, 0.6) is 0 Å². The van der Waals surface area contributed by atoms with E-state index in [1.165, 1.54) is 12.1 Å². The third kappa shape index (κ3) is 6.02. The highest BCUT2D eigenvalue weighted by atomic mass is 32.2. The lowest BCUT2D eigenvalue weighted by Crippen LogP contribution is -2.43. The van der Waals surface area contributed by atoms with Crippen molar-refractivity contribution in [1.82, 2.24) is 15.1 Å². The molecular weight excluding hydrogens is 467 g/mol. The molecule has 0 saturated carbocycles. The average Bonchev–Trinajstić information content (AvgIpc) is 3.30. The van der Waals surface area contributed by atoms with Crippen molar-refractivity contribution in [2.75, 3.05) is 32.1 Å². The lowest BCUT2D eigenvalue weighted by molar-refractivity contribution is -0.121. The van der Waals surface area contributed by atoms with E-state index in [0.29, 0.717) is 31.2 Å². The number of carbonyl (C=O) groups is 1. The predicted octanol–water partition coefficient (Wildman–Crippen LogP) is 4.12. The maximum atomic E-state index is 13.6. The number of rotatable bonds is 7. The third-order valence-electron chi connectivity index (χ3n) is 6.43. The fourth-order valence-electron chi connectivity index (χ4n) is 4.28. The Morgan fingerprint density at radius 3 is 2.63 bits per heavy atom. The van der Waals surface area contributed by atoms with Crippen molar-refractivity contribution in [3.63, 3.8) is 0 Å². The van der Waals surface area contributed by atoms with Crippen molar-refractivity contribution in [2.24, 2.45) is 10.4 Å². The van der Waals surface area contributed by atoms with Gasteiger partial charge in [0.2, 0.25) is 5.91 Å². The predicted molar refractivity (Wildman–Crippen MR) is 137 cm³/mol. The zero-order chi connectivity index (χ0) is 25.1. The fraction of sp³-hybridized carbons (Fsp3) is 0.500. The van der Waals surface area contributed by atoms with Crippen LogP contribution in [0.3, 0.4) is 0 Å². The summed E-state index contributed by atoms with van der Waals surface area (Å²) in [4.78, 5) is 17.5. The van der Waals surface area contributed by atoms with E-state index in [4.69, 9.17) is 9.73 Å². The van der Waals surface area contributed by atoms with Gasteiger partial charge < -0.3 is 15.2 Å². The Labute approximate surface area is 209 Å². The van der Waals surface area contributed by atoms with E-state index in [9.17, 15) is 14.3 Å². The Kier molecular flexibility index (Phi) is 7.78. The first-order valence-corrected chi connectivity index (χ1v) is 12.9. The Morgan fingerprint density at radius 1 is 1.26 bits per heavy atom. The molecule has 0 aliphatic carbocycles. The quantitative estimate of drug-likeness (QED) is 0.597. The highest BCUT2D eigenvalue weighted by Gasteiger charge is 2.32. The summed E-state index contributed by atoms with van der Waals surface area (Å²) < 4.78 is 20.9. The summed E-state index contributed by atoms with van der Waals surface area (Å²) in [5.41, 5.74) is 2.70. The number of aliphatic imine (C=N–C) groups is 1.